The smallest absolute Gasteiger partial charge is 0.137 e. The Labute approximate surface area is 66.5 Å². The van der Waals surface area contributed by atoms with Crippen molar-refractivity contribution in [3.63, 3.8) is 0 Å². The molecule has 0 aliphatic rings. The fourth-order valence-electron chi connectivity index (χ4n) is 0.602. The summed E-state index contributed by atoms with van der Waals surface area (Å²) in [6, 6.07) is 4.43. The third kappa shape index (κ3) is 1.42. The van der Waals surface area contributed by atoms with Crippen molar-refractivity contribution in [1.29, 1.82) is 5.41 Å². The zero-order valence-electron chi connectivity index (χ0n) is 5.07. The molecule has 0 unspecified atom stereocenters. The molecule has 0 amide bonds. The normalized spacial score (nSPS) is 9.40. The molecule has 0 saturated carbocycles. The molecule has 1 aromatic carbocycles. The highest BCUT2D eigenvalue weighted by molar-refractivity contribution is 9.10. The Bertz CT molecular complexity index is 260. The molecule has 3 heteroatoms. The first kappa shape index (κ1) is 7.41. The maximum Gasteiger partial charge on any atom is 0.137 e. The highest BCUT2D eigenvalue weighted by Gasteiger charge is 1.96. The third-order valence-corrected chi connectivity index (χ3v) is 1.72. The van der Waals surface area contributed by atoms with Crippen molar-refractivity contribution in [2.75, 3.05) is 0 Å². The van der Waals surface area contributed by atoms with Crippen LogP contribution in [0.15, 0.2) is 22.7 Å². The molecule has 0 saturated heterocycles. The monoisotopic (exact) mass is 201 g/mol. The molecule has 0 spiro atoms. The first-order valence-electron chi connectivity index (χ1n) is 2.69. The van der Waals surface area contributed by atoms with E-state index in [1.54, 1.807) is 12.1 Å². The quantitative estimate of drug-likeness (QED) is 0.676. The molecule has 1 rings (SSSR count). The van der Waals surface area contributed by atoms with Gasteiger partial charge in [-0.1, -0.05) is 6.07 Å². The van der Waals surface area contributed by atoms with Crippen LogP contribution in [0.4, 0.5) is 4.39 Å². The molecule has 10 heavy (non-hydrogen) atoms. The SMILES string of the molecule is N=Cc1ccc(F)c(Br)c1. The lowest BCUT2D eigenvalue weighted by Gasteiger charge is -1.93. The van der Waals surface area contributed by atoms with E-state index in [2.05, 4.69) is 15.9 Å². The molecular weight excluding hydrogens is 197 g/mol. The van der Waals surface area contributed by atoms with Crippen LogP contribution in [0.2, 0.25) is 0 Å². The zero-order valence-corrected chi connectivity index (χ0v) is 6.65. The van der Waals surface area contributed by atoms with Gasteiger partial charge < -0.3 is 5.41 Å². The van der Waals surface area contributed by atoms with Crippen LogP contribution in [0.5, 0.6) is 0 Å². The number of nitrogens with one attached hydrogen (secondary N) is 1. The second-order valence-corrected chi connectivity index (χ2v) is 2.67. The molecule has 0 aliphatic carbocycles. The van der Waals surface area contributed by atoms with Crippen LogP contribution in [0.3, 0.4) is 0 Å². The first-order valence-corrected chi connectivity index (χ1v) is 3.49. The van der Waals surface area contributed by atoms with Crippen molar-refractivity contribution >= 4 is 22.1 Å². The topological polar surface area (TPSA) is 23.9 Å². The van der Waals surface area contributed by atoms with Gasteiger partial charge in [-0.2, -0.15) is 0 Å². The van der Waals surface area contributed by atoms with Gasteiger partial charge in [0.25, 0.3) is 0 Å². The standard InChI is InChI=1S/C7H5BrFN/c8-6-3-5(4-10)1-2-7(6)9/h1-4,10H. The molecule has 0 atom stereocenters. The Morgan fingerprint density at radius 2 is 2.20 bits per heavy atom. The number of benzene rings is 1. The second-order valence-electron chi connectivity index (χ2n) is 1.82. The maximum atomic E-state index is 12.5. The average Bonchev–Trinajstić information content (AvgIpc) is 1.95. The van der Waals surface area contributed by atoms with Crippen LogP contribution in [-0.4, -0.2) is 6.21 Å². The van der Waals surface area contributed by atoms with E-state index in [0.29, 0.717) is 10.0 Å². The van der Waals surface area contributed by atoms with Crippen LogP contribution in [-0.2, 0) is 0 Å². The Kier molecular flexibility index (Phi) is 2.17. The lowest BCUT2D eigenvalue weighted by atomic mass is 10.2. The fraction of sp³-hybridized carbons (Fsp3) is 0. The summed E-state index contributed by atoms with van der Waals surface area (Å²) in [5.74, 6) is -0.300. The zero-order chi connectivity index (χ0) is 7.56. The molecule has 0 fully saturated rings. The molecule has 52 valence electrons. The van der Waals surface area contributed by atoms with Crippen molar-refractivity contribution in [2.45, 2.75) is 0 Å². The number of hydrogen-bond donors (Lipinski definition) is 1. The summed E-state index contributed by atoms with van der Waals surface area (Å²) in [6.07, 6.45) is 1.17. The summed E-state index contributed by atoms with van der Waals surface area (Å²) >= 11 is 3.01. The van der Waals surface area contributed by atoms with E-state index in [1.165, 1.54) is 12.3 Å². The van der Waals surface area contributed by atoms with Gasteiger partial charge >= 0.3 is 0 Å². The van der Waals surface area contributed by atoms with Gasteiger partial charge in [-0.3, -0.25) is 0 Å². The summed E-state index contributed by atoms with van der Waals surface area (Å²) in [6.45, 7) is 0. The maximum absolute atomic E-state index is 12.5. The lowest BCUT2D eigenvalue weighted by Crippen LogP contribution is -1.81. The summed E-state index contributed by atoms with van der Waals surface area (Å²) in [4.78, 5) is 0. The van der Waals surface area contributed by atoms with Crippen molar-refractivity contribution in [3.05, 3.63) is 34.1 Å². The van der Waals surface area contributed by atoms with E-state index in [0.717, 1.165) is 0 Å². The Hall–Kier alpha value is -0.700. The summed E-state index contributed by atoms with van der Waals surface area (Å²) < 4.78 is 12.9. The predicted molar refractivity (Wildman–Crippen MR) is 42.0 cm³/mol. The van der Waals surface area contributed by atoms with E-state index in [4.69, 9.17) is 5.41 Å². The van der Waals surface area contributed by atoms with E-state index in [1.807, 2.05) is 0 Å². The highest BCUT2D eigenvalue weighted by atomic mass is 79.9. The van der Waals surface area contributed by atoms with Crippen LogP contribution in [0, 0.1) is 11.2 Å². The Morgan fingerprint density at radius 1 is 1.50 bits per heavy atom. The predicted octanol–water partition coefficient (Wildman–Crippen LogP) is 2.59. The molecule has 0 bridgehead atoms. The lowest BCUT2D eigenvalue weighted by molar-refractivity contribution is 0.621. The number of rotatable bonds is 1. The summed E-state index contributed by atoms with van der Waals surface area (Å²) in [7, 11) is 0. The van der Waals surface area contributed by atoms with Crippen molar-refractivity contribution < 1.29 is 4.39 Å². The molecule has 0 radical (unpaired) electrons. The molecule has 1 nitrogen and oxygen atoms in total. The summed E-state index contributed by atoms with van der Waals surface area (Å²) in [5.41, 5.74) is 0.688. The molecule has 1 N–H and O–H groups in total. The Balaban J connectivity index is 3.16. The minimum atomic E-state index is -0.300. The molecule has 0 heterocycles. The van der Waals surface area contributed by atoms with Gasteiger partial charge in [0.15, 0.2) is 0 Å². The highest BCUT2D eigenvalue weighted by Crippen LogP contribution is 2.15. The van der Waals surface area contributed by atoms with Gasteiger partial charge in [0.1, 0.15) is 5.82 Å². The van der Waals surface area contributed by atoms with Gasteiger partial charge in [0.2, 0.25) is 0 Å². The van der Waals surface area contributed by atoms with Crippen molar-refractivity contribution in [1.82, 2.24) is 0 Å². The number of hydrogen-bond acceptors (Lipinski definition) is 1. The molecule has 0 aromatic heterocycles. The number of halogens is 2. The molecular formula is C7H5BrFN. The van der Waals surface area contributed by atoms with Crippen LogP contribution < -0.4 is 0 Å². The van der Waals surface area contributed by atoms with E-state index in [9.17, 15) is 4.39 Å². The van der Waals surface area contributed by atoms with Gasteiger partial charge in [-0.25, -0.2) is 4.39 Å². The first-order chi connectivity index (χ1) is 4.74. The third-order valence-electron chi connectivity index (χ3n) is 1.11. The average molecular weight is 202 g/mol. The van der Waals surface area contributed by atoms with Crippen molar-refractivity contribution in [3.8, 4) is 0 Å². The van der Waals surface area contributed by atoms with E-state index >= 15 is 0 Å². The molecule has 1 aromatic rings. The van der Waals surface area contributed by atoms with Gasteiger partial charge in [-0.05, 0) is 33.6 Å². The summed E-state index contributed by atoms with van der Waals surface area (Å²) in [5, 5.41) is 6.84. The van der Waals surface area contributed by atoms with Crippen LogP contribution in [0.1, 0.15) is 5.56 Å². The minimum absolute atomic E-state index is 0.300. The second kappa shape index (κ2) is 2.92. The van der Waals surface area contributed by atoms with Crippen molar-refractivity contribution in [2.24, 2.45) is 0 Å². The Morgan fingerprint density at radius 3 is 2.70 bits per heavy atom. The van der Waals surface area contributed by atoms with E-state index < -0.39 is 0 Å². The van der Waals surface area contributed by atoms with Crippen LogP contribution in [0.25, 0.3) is 0 Å². The van der Waals surface area contributed by atoms with E-state index in [-0.39, 0.29) is 5.82 Å². The van der Waals surface area contributed by atoms with Crippen LogP contribution >= 0.6 is 15.9 Å². The van der Waals surface area contributed by atoms with Gasteiger partial charge in [0, 0.05) is 6.21 Å². The van der Waals surface area contributed by atoms with Gasteiger partial charge in [-0.15, -0.1) is 0 Å². The fourth-order valence-corrected chi connectivity index (χ4v) is 0.999. The molecule has 0 aliphatic heterocycles. The van der Waals surface area contributed by atoms with Gasteiger partial charge in [0.05, 0.1) is 4.47 Å². The minimum Gasteiger partial charge on any atom is -0.308 e. The largest absolute Gasteiger partial charge is 0.308 e.